The molecule has 6 aliphatic rings. The number of benzene rings is 1. The summed E-state index contributed by atoms with van der Waals surface area (Å²) in [5.41, 5.74) is 1.16. The molecule has 0 radical (unpaired) electrons. The molecule has 2 saturated heterocycles. The topological polar surface area (TPSA) is 52.7 Å². The zero-order valence-corrected chi connectivity index (χ0v) is 20.8. The molecule has 184 valence electrons. The van der Waals surface area contributed by atoms with Gasteiger partial charge in [0, 0.05) is 50.2 Å². The lowest BCUT2D eigenvalue weighted by atomic mass is 9.49. The van der Waals surface area contributed by atoms with Crippen LogP contribution in [0.25, 0.3) is 0 Å². The Kier molecular flexibility index (Phi) is 5.95. The number of carbonyl (C=O) groups is 2. The van der Waals surface area contributed by atoms with Gasteiger partial charge < -0.3 is 10.2 Å². The first kappa shape index (κ1) is 22.6. The van der Waals surface area contributed by atoms with Crippen molar-refractivity contribution in [3.8, 4) is 0 Å². The summed E-state index contributed by atoms with van der Waals surface area (Å²) < 4.78 is 0. The van der Waals surface area contributed by atoms with E-state index in [4.69, 9.17) is 0 Å². The van der Waals surface area contributed by atoms with Crippen molar-refractivity contribution in [2.75, 3.05) is 19.6 Å². The molecular formula is C29H41N3O2. The van der Waals surface area contributed by atoms with Crippen LogP contribution < -0.4 is 5.32 Å². The molecule has 2 atom stereocenters. The fourth-order valence-corrected chi connectivity index (χ4v) is 9.09. The maximum atomic E-state index is 12.7. The summed E-state index contributed by atoms with van der Waals surface area (Å²) in [7, 11) is 0. The third-order valence-electron chi connectivity index (χ3n) is 10.0. The van der Waals surface area contributed by atoms with E-state index >= 15 is 0 Å². The Bertz CT molecular complexity index is 866. The second kappa shape index (κ2) is 8.96. The minimum Gasteiger partial charge on any atom is -0.349 e. The number of piperidine rings is 1. The first-order valence-corrected chi connectivity index (χ1v) is 13.8. The number of nitrogens with one attached hydrogen (secondary N) is 1. The van der Waals surface area contributed by atoms with Crippen LogP contribution in [-0.2, 0) is 4.79 Å². The number of hydrogen-bond donors (Lipinski definition) is 1. The first-order valence-electron chi connectivity index (χ1n) is 13.8. The van der Waals surface area contributed by atoms with Gasteiger partial charge >= 0.3 is 0 Å². The van der Waals surface area contributed by atoms with Gasteiger partial charge in [-0.1, -0.05) is 18.2 Å². The van der Waals surface area contributed by atoms with E-state index in [-0.39, 0.29) is 17.9 Å². The Morgan fingerprint density at radius 1 is 0.941 bits per heavy atom. The maximum Gasteiger partial charge on any atom is 0.251 e. The second-order valence-corrected chi connectivity index (χ2v) is 12.5. The van der Waals surface area contributed by atoms with Crippen molar-refractivity contribution in [2.24, 2.45) is 23.2 Å². The molecule has 1 aromatic carbocycles. The van der Waals surface area contributed by atoms with Gasteiger partial charge in [0.25, 0.3) is 5.91 Å². The van der Waals surface area contributed by atoms with Gasteiger partial charge in [0.15, 0.2) is 0 Å². The Morgan fingerprint density at radius 3 is 2.09 bits per heavy atom. The minimum atomic E-state index is 0.0526. The van der Waals surface area contributed by atoms with E-state index in [0.717, 1.165) is 55.8 Å². The molecule has 2 amide bonds. The van der Waals surface area contributed by atoms with Crippen LogP contribution in [0.1, 0.15) is 81.5 Å². The normalized spacial score (nSPS) is 38.1. The summed E-state index contributed by atoms with van der Waals surface area (Å²) >= 11 is 0. The van der Waals surface area contributed by atoms with Crippen molar-refractivity contribution in [1.29, 1.82) is 0 Å². The molecule has 5 heteroatoms. The highest BCUT2D eigenvalue weighted by Gasteiger charge is 2.51. The smallest absolute Gasteiger partial charge is 0.251 e. The fourth-order valence-electron chi connectivity index (χ4n) is 9.09. The Labute approximate surface area is 204 Å². The van der Waals surface area contributed by atoms with Crippen molar-refractivity contribution >= 4 is 11.8 Å². The first-order chi connectivity index (χ1) is 16.5. The summed E-state index contributed by atoms with van der Waals surface area (Å²) in [5.74, 6) is 3.10. The fraction of sp³-hybridized carbons (Fsp3) is 0.724. The van der Waals surface area contributed by atoms with Crippen LogP contribution in [0.2, 0.25) is 0 Å². The van der Waals surface area contributed by atoms with Crippen LogP contribution in [0.5, 0.6) is 0 Å². The molecule has 4 saturated carbocycles. The minimum absolute atomic E-state index is 0.0526. The van der Waals surface area contributed by atoms with Gasteiger partial charge in [0.1, 0.15) is 0 Å². The number of carbonyl (C=O) groups excluding carboxylic acids is 2. The lowest BCUT2D eigenvalue weighted by Gasteiger charge is -2.58. The highest BCUT2D eigenvalue weighted by Crippen LogP contribution is 2.60. The van der Waals surface area contributed by atoms with Gasteiger partial charge in [-0.3, -0.25) is 14.5 Å². The van der Waals surface area contributed by atoms with Crippen molar-refractivity contribution in [3.63, 3.8) is 0 Å². The monoisotopic (exact) mass is 463 g/mol. The number of nitrogens with zero attached hydrogens (tertiary/aromatic N) is 2. The third-order valence-corrected chi connectivity index (χ3v) is 10.0. The summed E-state index contributed by atoms with van der Waals surface area (Å²) in [6.45, 7) is 4.62. The summed E-state index contributed by atoms with van der Waals surface area (Å²) in [6, 6.07) is 10.9. The molecule has 34 heavy (non-hydrogen) atoms. The standard InChI is InChI=1S/C29H41N3O2/c1-20(33)31(19-29-16-21-11-22(17-29)13-23(12-21)18-29)9-10-32-26-7-8-27(32)15-25(14-26)30-28(34)24-5-3-2-4-6-24/h2-6,21-23,25-27H,7-19H2,1H3,(H,30,34). The van der Waals surface area contributed by atoms with Crippen LogP contribution in [0.3, 0.4) is 0 Å². The molecule has 1 aromatic rings. The Morgan fingerprint density at radius 2 is 1.53 bits per heavy atom. The predicted molar refractivity (Wildman–Crippen MR) is 133 cm³/mol. The average molecular weight is 464 g/mol. The lowest BCUT2D eigenvalue weighted by Crippen LogP contribution is -2.54. The molecule has 0 aromatic heterocycles. The van der Waals surface area contributed by atoms with Crippen molar-refractivity contribution in [3.05, 3.63) is 35.9 Å². The molecular weight excluding hydrogens is 422 g/mol. The highest BCUT2D eigenvalue weighted by molar-refractivity contribution is 5.94. The van der Waals surface area contributed by atoms with Crippen molar-refractivity contribution < 1.29 is 9.59 Å². The summed E-state index contributed by atoms with van der Waals surface area (Å²) in [6.07, 6.45) is 13.0. The molecule has 5 nitrogen and oxygen atoms in total. The predicted octanol–water partition coefficient (Wildman–Crippen LogP) is 4.48. The van der Waals surface area contributed by atoms with Crippen LogP contribution in [0.15, 0.2) is 30.3 Å². The maximum absolute atomic E-state index is 12.7. The molecule has 2 unspecified atom stereocenters. The average Bonchev–Trinajstić information content (AvgIpc) is 3.04. The SMILES string of the molecule is CC(=O)N(CCN1C2CCC1CC(NC(=O)c1ccccc1)C2)CC12CC3CC(CC(C3)C1)C2. The lowest BCUT2D eigenvalue weighted by molar-refractivity contribution is -0.135. The van der Waals surface area contributed by atoms with Gasteiger partial charge in [-0.25, -0.2) is 0 Å². The van der Waals surface area contributed by atoms with Gasteiger partial charge in [-0.05, 0) is 99.5 Å². The molecule has 6 bridgehead atoms. The molecule has 7 rings (SSSR count). The second-order valence-electron chi connectivity index (χ2n) is 12.5. The molecule has 6 fully saturated rings. The molecule has 0 spiro atoms. The largest absolute Gasteiger partial charge is 0.349 e. The van der Waals surface area contributed by atoms with Crippen LogP contribution in [0, 0.1) is 23.2 Å². The van der Waals surface area contributed by atoms with Gasteiger partial charge in [-0.2, -0.15) is 0 Å². The zero-order valence-electron chi connectivity index (χ0n) is 20.8. The van der Waals surface area contributed by atoms with Crippen molar-refractivity contribution in [1.82, 2.24) is 15.1 Å². The molecule has 2 aliphatic heterocycles. The van der Waals surface area contributed by atoms with Crippen LogP contribution in [-0.4, -0.2) is 59.4 Å². The van der Waals surface area contributed by atoms with E-state index in [2.05, 4.69) is 15.1 Å². The van der Waals surface area contributed by atoms with E-state index in [1.807, 2.05) is 30.3 Å². The zero-order chi connectivity index (χ0) is 23.3. The van der Waals surface area contributed by atoms with Crippen LogP contribution in [0.4, 0.5) is 0 Å². The van der Waals surface area contributed by atoms with Crippen molar-refractivity contribution in [2.45, 2.75) is 89.3 Å². The number of amides is 2. The van der Waals surface area contributed by atoms with E-state index in [9.17, 15) is 9.59 Å². The van der Waals surface area contributed by atoms with Gasteiger partial charge in [0.2, 0.25) is 5.91 Å². The van der Waals surface area contributed by atoms with E-state index in [0.29, 0.717) is 17.5 Å². The molecule has 1 N–H and O–H groups in total. The number of fused-ring (bicyclic) bond motifs is 2. The Balaban J connectivity index is 1.05. The van der Waals surface area contributed by atoms with E-state index in [1.165, 1.54) is 51.4 Å². The highest BCUT2D eigenvalue weighted by atomic mass is 16.2. The quantitative estimate of drug-likeness (QED) is 0.649. The van der Waals surface area contributed by atoms with Gasteiger partial charge in [-0.15, -0.1) is 0 Å². The summed E-state index contributed by atoms with van der Waals surface area (Å²) in [5, 5.41) is 3.30. The number of hydrogen-bond acceptors (Lipinski definition) is 3. The molecule has 4 aliphatic carbocycles. The van der Waals surface area contributed by atoms with E-state index < -0.39 is 0 Å². The number of rotatable bonds is 7. The molecule has 2 heterocycles. The third kappa shape index (κ3) is 4.41. The van der Waals surface area contributed by atoms with Gasteiger partial charge in [0.05, 0.1) is 0 Å². The van der Waals surface area contributed by atoms with Crippen LogP contribution >= 0.6 is 0 Å². The van der Waals surface area contributed by atoms with E-state index in [1.54, 1.807) is 6.92 Å². The Hall–Kier alpha value is -1.88. The summed E-state index contributed by atoms with van der Waals surface area (Å²) in [4.78, 5) is 30.2.